The van der Waals surface area contributed by atoms with Gasteiger partial charge in [0.1, 0.15) is 5.00 Å². The number of carbonyl (C=O) groups is 2. The average Bonchev–Trinajstić information content (AvgIpc) is 2.98. The van der Waals surface area contributed by atoms with Crippen molar-refractivity contribution in [3.63, 3.8) is 0 Å². The minimum absolute atomic E-state index is 0.0657. The van der Waals surface area contributed by atoms with E-state index in [1.165, 1.54) is 30.6 Å². The van der Waals surface area contributed by atoms with E-state index in [-0.39, 0.29) is 17.0 Å². The van der Waals surface area contributed by atoms with Crippen LogP contribution >= 0.6 is 11.3 Å². The highest BCUT2D eigenvalue weighted by atomic mass is 32.1. The molecule has 26 heavy (non-hydrogen) atoms. The van der Waals surface area contributed by atoms with Crippen molar-refractivity contribution in [3.05, 3.63) is 49.9 Å². The van der Waals surface area contributed by atoms with E-state index in [1.807, 2.05) is 0 Å². The molecule has 2 amide bonds. The number of benzene rings is 1. The lowest BCUT2D eigenvalue weighted by atomic mass is 9.95. The number of nitrogens with one attached hydrogen (secondary N) is 1. The lowest BCUT2D eigenvalue weighted by Crippen LogP contribution is -2.18. The van der Waals surface area contributed by atoms with Crippen molar-refractivity contribution < 1.29 is 19.2 Å². The smallest absolute Gasteiger partial charge is 0.311 e. The number of rotatable bonds is 5. The van der Waals surface area contributed by atoms with Crippen molar-refractivity contribution >= 4 is 33.8 Å². The lowest BCUT2D eigenvalue weighted by molar-refractivity contribution is -0.385. The van der Waals surface area contributed by atoms with Crippen LogP contribution in [-0.2, 0) is 12.8 Å². The number of nitrogens with zero attached hydrogens (tertiary/aromatic N) is 1. The molecule has 8 nitrogen and oxygen atoms in total. The minimum Gasteiger partial charge on any atom is -0.490 e. The third-order valence-corrected chi connectivity index (χ3v) is 5.49. The maximum absolute atomic E-state index is 12.6. The van der Waals surface area contributed by atoms with E-state index in [1.54, 1.807) is 0 Å². The summed E-state index contributed by atoms with van der Waals surface area (Å²) in [5.74, 6) is -1.06. The maximum Gasteiger partial charge on any atom is 0.311 e. The number of methoxy groups -OCH3 is 1. The molecule has 2 aromatic rings. The molecule has 3 N–H and O–H groups in total. The van der Waals surface area contributed by atoms with Crippen LogP contribution < -0.4 is 15.8 Å². The topological polar surface area (TPSA) is 125 Å². The van der Waals surface area contributed by atoms with Gasteiger partial charge >= 0.3 is 5.69 Å². The van der Waals surface area contributed by atoms with Crippen molar-refractivity contribution in [1.29, 1.82) is 0 Å². The molecule has 9 heteroatoms. The first-order valence-electron chi connectivity index (χ1n) is 8.00. The van der Waals surface area contributed by atoms with Crippen LogP contribution in [0.25, 0.3) is 0 Å². The Morgan fingerprint density at radius 1 is 1.31 bits per heavy atom. The minimum atomic E-state index is -0.617. The Hall–Kier alpha value is -2.94. The molecule has 1 aliphatic rings. The Labute approximate surface area is 153 Å². The molecule has 0 spiro atoms. The number of thiophene rings is 1. The molecule has 0 fully saturated rings. The van der Waals surface area contributed by atoms with Crippen LogP contribution in [0.1, 0.15) is 44.0 Å². The van der Waals surface area contributed by atoms with E-state index in [4.69, 9.17) is 10.5 Å². The van der Waals surface area contributed by atoms with Crippen molar-refractivity contribution in [2.75, 3.05) is 12.4 Å². The number of primary amides is 1. The zero-order valence-electron chi connectivity index (χ0n) is 14.0. The number of aryl methyl sites for hydroxylation is 1. The molecule has 1 aromatic heterocycles. The summed E-state index contributed by atoms with van der Waals surface area (Å²) in [4.78, 5) is 36.0. The van der Waals surface area contributed by atoms with Gasteiger partial charge < -0.3 is 15.8 Å². The predicted molar refractivity (Wildman–Crippen MR) is 97.1 cm³/mol. The molecule has 0 bridgehead atoms. The predicted octanol–water partition coefficient (Wildman–Crippen LogP) is 2.89. The summed E-state index contributed by atoms with van der Waals surface area (Å²) in [7, 11) is 1.32. The molecule has 1 heterocycles. The van der Waals surface area contributed by atoms with Crippen LogP contribution in [0, 0.1) is 10.1 Å². The number of hydrogen-bond acceptors (Lipinski definition) is 6. The Balaban J connectivity index is 1.94. The summed E-state index contributed by atoms with van der Waals surface area (Å²) in [6, 6.07) is 3.94. The second kappa shape index (κ2) is 7.12. The van der Waals surface area contributed by atoms with E-state index in [0.29, 0.717) is 10.6 Å². The standard InChI is InChI=1S/C17H17N3O5S/c1-25-12-7-6-9(8-11(12)20(23)24)16(22)19-17-14(15(18)21)10-4-2-3-5-13(10)26-17/h6-8H,2-5H2,1H3,(H2,18,21)(H,19,22). The maximum atomic E-state index is 12.6. The average molecular weight is 375 g/mol. The van der Waals surface area contributed by atoms with E-state index in [9.17, 15) is 19.7 Å². The Kier molecular flexibility index (Phi) is 4.90. The fourth-order valence-electron chi connectivity index (χ4n) is 3.06. The van der Waals surface area contributed by atoms with Crippen LogP contribution in [0.3, 0.4) is 0 Å². The van der Waals surface area contributed by atoms with Gasteiger partial charge in [-0.05, 0) is 43.4 Å². The third-order valence-electron chi connectivity index (χ3n) is 4.28. The number of hydrogen-bond donors (Lipinski definition) is 2. The zero-order chi connectivity index (χ0) is 18.8. The fourth-order valence-corrected chi connectivity index (χ4v) is 4.35. The van der Waals surface area contributed by atoms with Gasteiger partial charge in [0.25, 0.3) is 11.8 Å². The summed E-state index contributed by atoms with van der Waals surface area (Å²) in [5.41, 5.74) is 6.56. The monoisotopic (exact) mass is 375 g/mol. The van der Waals surface area contributed by atoms with Crippen LogP contribution in [0.15, 0.2) is 18.2 Å². The molecule has 0 saturated heterocycles. The van der Waals surface area contributed by atoms with Crippen molar-refractivity contribution in [1.82, 2.24) is 0 Å². The van der Waals surface area contributed by atoms with Crippen molar-refractivity contribution in [2.24, 2.45) is 5.73 Å². The molecule has 0 atom stereocenters. The number of nitro benzene ring substituents is 1. The van der Waals surface area contributed by atoms with Crippen molar-refractivity contribution in [2.45, 2.75) is 25.7 Å². The van der Waals surface area contributed by atoms with Gasteiger partial charge in [-0.25, -0.2) is 0 Å². The summed E-state index contributed by atoms with van der Waals surface area (Å²) < 4.78 is 4.93. The zero-order valence-corrected chi connectivity index (χ0v) is 14.9. The normalized spacial score (nSPS) is 13.0. The van der Waals surface area contributed by atoms with Gasteiger partial charge in [0, 0.05) is 16.5 Å². The number of ether oxygens (including phenoxy) is 1. The summed E-state index contributed by atoms with van der Waals surface area (Å²) in [5, 5.41) is 14.2. The third kappa shape index (κ3) is 3.25. The van der Waals surface area contributed by atoms with E-state index in [0.717, 1.165) is 42.2 Å². The highest BCUT2D eigenvalue weighted by Gasteiger charge is 2.26. The van der Waals surface area contributed by atoms with Gasteiger partial charge in [0.15, 0.2) is 5.75 Å². The number of anilines is 1. The molecule has 0 saturated carbocycles. The van der Waals surface area contributed by atoms with Gasteiger partial charge in [-0.2, -0.15) is 0 Å². The molecular weight excluding hydrogens is 358 g/mol. The van der Waals surface area contributed by atoms with Gasteiger partial charge in [-0.3, -0.25) is 19.7 Å². The fraction of sp³-hybridized carbons (Fsp3) is 0.294. The number of carbonyl (C=O) groups excluding carboxylic acids is 2. The van der Waals surface area contributed by atoms with E-state index in [2.05, 4.69) is 5.32 Å². The Bertz CT molecular complexity index is 906. The van der Waals surface area contributed by atoms with Crippen LogP contribution in [-0.4, -0.2) is 23.8 Å². The summed E-state index contributed by atoms with van der Waals surface area (Å²) in [6.45, 7) is 0. The number of amides is 2. The number of nitro groups is 1. The molecule has 3 rings (SSSR count). The SMILES string of the molecule is COc1ccc(C(=O)Nc2sc3c(c2C(N)=O)CCCC3)cc1[N+](=O)[O-]. The summed E-state index contributed by atoms with van der Waals surface area (Å²) >= 11 is 1.34. The Morgan fingerprint density at radius 2 is 2.04 bits per heavy atom. The van der Waals surface area contributed by atoms with Gasteiger partial charge in [0.05, 0.1) is 17.6 Å². The highest BCUT2D eigenvalue weighted by molar-refractivity contribution is 7.17. The number of nitrogens with two attached hydrogens (primary N) is 1. The quantitative estimate of drug-likeness (QED) is 0.614. The first-order valence-corrected chi connectivity index (χ1v) is 8.82. The lowest BCUT2D eigenvalue weighted by Gasteiger charge is -2.11. The molecule has 1 aliphatic carbocycles. The second-order valence-corrected chi connectivity index (χ2v) is 6.98. The van der Waals surface area contributed by atoms with Crippen molar-refractivity contribution in [3.8, 4) is 5.75 Å². The first kappa shape index (κ1) is 17.9. The highest BCUT2D eigenvalue weighted by Crippen LogP contribution is 2.38. The van der Waals surface area contributed by atoms with Gasteiger partial charge in [-0.15, -0.1) is 11.3 Å². The molecule has 0 aliphatic heterocycles. The molecule has 136 valence electrons. The molecule has 0 unspecified atom stereocenters. The molecule has 0 radical (unpaired) electrons. The molecular formula is C17H17N3O5S. The van der Waals surface area contributed by atoms with Crippen LogP contribution in [0.5, 0.6) is 5.75 Å². The summed E-state index contributed by atoms with van der Waals surface area (Å²) in [6.07, 6.45) is 3.62. The van der Waals surface area contributed by atoms with Gasteiger partial charge in [0.2, 0.25) is 0 Å². The van der Waals surface area contributed by atoms with E-state index < -0.39 is 16.7 Å². The van der Waals surface area contributed by atoms with E-state index >= 15 is 0 Å². The second-order valence-electron chi connectivity index (χ2n) is 5.88. The first-order chi connectivity index (χ1) is 12.4. The number of fused-ring (bicyclic) bond motifs is 1. The Morgan fingerprint density at radius 3 is 2.69 bits per heavy atom. The van der Waals surface area contributed by atoms with Crippen LogP contribution in [0.2, 0.25) is 0 Å². The van der Waals surface area contributed by atoms with Crippen LogP contribution in [0.4, 0.5) is 10.7 Å². The largest absolute Gasteiger partial charge is 0.490 e. The van der Waals surface area contributed by atoms with Gasteiger partial charge in [-0.1, -0.05) is 0 Å². The molecule has 1 aromatic carbocycles.